The van der Waals surface area contributed by atoms with Crippen molar-refractivity contribution in [3.05, 3.63) is 0 Å². The molecule has 1 aliphatic carbocycles. The Morgan fingerprint density at radius 2 is 1.77 bits per heavy atom. The van der Waals surface area contributed by atoms with Crippen molar-refractivity contribution in [2.75, 3.05) is 0 Å². The average Bonchev–Trinajstić information content (AvgIpc) is 2.78. The van der Waals surface area contributed by atoms with Crippen LogP contribution in [0, 0.1) is 11.8 Å². The maximum absolute atomic E-state index is 10.9. The van der Waals surface area contributed by atoms with E-state index in [1.54, 1.807) is 0 Å². The fourth-order valence-corrected chi connectivity index (χ4v) is 2.01. The molecule has 3 N–H and O–H groups in total. The van der Waals surface area contributed by atoms with Crippen LogP contribution in [0.25, 0.3) is 0 Å². The highest BCUT2D eigenvalue weighted by Crippen LogP contribution is 2.42. The first-order valence-corrected chi connectivity index (χ1v) is 4.27. The van der Waals surface area contributed by atoms with Gasteiger partial charge >= 0.3 is 5.97 Å². The van der Waals surface area contributed by atoms with E-state index in [0.717, 1.165) is 0 Å². The fourth-order valence-electron chi connectivity index (χ4n) is 2.01. The largest absolute Gasteiger partial charge is 0.481 e. The molecule has 13 heavy (non-hydrogen) atoms. The molecule has 0 radical (unpaired) electrons. The molecule has 4 atom stereocenters. The molecule has 72 valence electrons. The number of ether oxygens (including phenoxy) is 1. The number of carbonyl (C=O) groups is 2. The molecule has 4 unspecified atom stereocenters. The van der Waals surface area contributed by atoms with E-state index in [-0.39, 0.29) is 12.2 Å². The lowest BCUT2D eigenvalue weighted by molar-refractivity contribution is -0.147. The molecule has 0 bridgehead atoms. The standard InChI is InChI=1S/C8H11NO4/c9-7(10)3-1-5-6(13-5)2-4(3)8(11)12/h3-6H,1-2H2,(H2,9,10)(H,11,12). The zero-order valence-electron chi connectivity index (χ0n) is 6.97. The SMILES string of the molecule is NC(=O)C1CC2OC2CC1C(=O)O. The Kier molecular flexibility index (Phi) is 1.76. The number of aliphatic carboxylic acids is 1. The van der Waals surface area contributed by atoms with Gasteiger partial charge in [0, 0.05) is 0 Å². The summed E-state index contributed by atoms with van der Waals surface area (Å²) in [5, 5.41) is 8.83. The Morgan fingerprint density at radius 1 is 1.23 bits per heavy atom. The third kappa shape index (κ3) is 1.39. The summed E-state index contributed by atoms with van der Waals surface area (Å²) < 4.78 is 5.17. The van der Waals surface area contributed by atoms with Crippen LogP contribution in [0.1, 0.15) is 12.8 Å². The number of hydrogen-bond acceptors (Lipinski definition) is 3. The van der Waals surface area contributed by atoms with Gasteiger partial charge in [-0.3, -0.25) is 9.59 Å². The van der Waals surface area contributed by atoms with Gasteiger partial charge in [0.2, 0.25) is 5.91 Å². The van der Waals surface area contributed by atoms with Crippen LogP contribution in [0.15, 0.2) is 0 Å². The Balaban J connectivity index is 2.12. The molecule has 0 aromatic rings. The molecule has 0 aromatic carbocycles. The van der Waals surface area contributed by atoms with Crippen LogP contribution in [0.3, 0.4) is 0 Å². The van der Waals surface area contributed by atoms with E-state index in [1.165, 1.54) is 0 Å². The van der Waals surface area contributed by atoms with Gasteiger partial charge in [0.25, 0.3) is 0 Å². The third-order valence-corrected chi connectivity index (χ3v) is 2.83. The third-order valence-electron chi connectivity index (χ3n) is 2.83. The van der Waals surface area contributed by atoms with Crippen molar-refractivity contribution in [3.8, 4) is 0 Å². The minimum Gasteiger partial charge on any atom is -0.481 e. The summed E-state index contributed by atoms with van der Waals surface area (Å²) in [6.45, 7) is 0. The number of epoxide rings is 1. The first-order chi connectivity index (χ1) is 6.09. The summed E-state index contributed by atoms with van der Waals surface area (Å²) in [6.07, 6.45) is 1.02. The highest BCUT2D eigenvalue weighted by molar-refractivity contribution is 5.84. The minimum absolute atomic E-state index is 0.0525. The molecule has 1 saturated heterocycles. The maximum atomic E-state index is 10.9. The predicted molar refractivity (Wildman–Crippen MR) is 41.7 cm³/mol. The molecule has 5 nitrogen and oxygen atoms in total. The smallest absolute Gasteiger partial charge is 0.307 e. The van der Waals surface area contributed by atoms with Gasteiger partial charge < -0.3 is 15.6 Å². The zero-order valence-corrected chi connectivity index (χ0v) is 6.97. The minimum atomic E-state index is -0.947. The average molecular weight is 185 g/mol. The number of nitrogens with two attached hydrogens (primary N) is 1. The molecule has 0 spiro atoms. The summed E-state index contributed by atoms with van der Waals surface area (Å²) in [5.41, 5.74) is 5.12. The summed E-state index contributed by atoms with van der Waals surface area (Å²) >= 11 is 0. The van der Waals surface area contributed by atoms with Crippen molar-refractivity contribution < 1.29 is 19.4 Å². The summed E-state index contributed by atoms with van der Waals surface area (Å²) in [7, 11) is 0. The predicted octanol–water partition coefficient (Wildman–Crippen LogP) is -0.650. The lowest BCUT2D eigenvalue weighted by atomic mass is 9.79. The lowest BCUT2D eigenvalue weighted by Gasteiger charge is -2.22. The number of amides is 1. The van der Waals surface area contributed by atoms with Gasteiger partial charge in [-0.2, -0.15) is 0 Å². The van der Waals surface area contributed by atoms with E-state index in [4.69, 9.17) is 15.6 Å². The van der Waals surface area contributed by atoms with Crippen LogP contribution in [0.5, 0.6) is 0 Å². The lowest BCUT2D eigenvalue weighted by Crippen LogP contribution is -2.38. The van der Waals surface area contributed by atoms with Gasteiger partial charge in [0.1, 0.15) is 0 Å². The first kappa shape index (κ1) is 8.50. The highest BCUT2D eigenvalue weighted by Gasteiger charge is 2.52. The molecule has 1 amide bonds. The van der Waals surface area contributed by atoms with E-state index in [1.807, 2.05) is 0 Å². The van der Waals surface area contributed by atoms with E-state index >= 15 is 0 Å². The van der Waals surface area contributed by atoms with Crippen molar-refractivity contribution in [1.82, 2.24) is 0 Å². The Labute approximate surface area is 74.9 Å². The molecule has 0 aromatic heterocycles. The van der Waals surface area contributed by atoms with Gasteiger partial charge in [-0.25, -0.2) is 0 Å². The van der Waals surface area contributed by atoms with Crippen molar-refractivity contribution in [2.24, 2.45) is 17.6 Å². The van der Waals surface area contributed by atoms with Crippen molar-refractivity contribution in [1.29, 1.82) is 0 Å². The number of carboxylic acids is 1. The number of carbonyl (C=O) groups excluding carboxylic acids is 1. The Morgan fingerprint density at radius 3 is 2.23 bits per heavy atom. The second-order valence-electron chi connectivity index (χ2n) is 3.64. The van der Waals surface area contributed by atoms with Crippen molar-refractivity contribution >= 4 is 11.9 Å². The number of primary amides is 1. The zero-order chi connectivity index (χ0) is 9.59. The topological polar surface area (TPSA) is 92.9 Å². The Bertz CT molecular complexity index is 239. The molecule has 1 aliphatic heterocycles. The molecule has 2 fully saturated rings. The highest BCUT2D eigenvalue weighted by atomic mass is 16.6. The van der Waals surface area contributed by atoms with Crippen molar-refractivity contribution in [3.63, 3.8) is 0 Å². The van der Waals surface area contributed by atoms with Crippen LogP contribution in [-0.2, 0) is 14.3 Å². The molecular weight excluding hydrogens is 174 g/mol. The van der Waals surface area contributed by atoms with E-state index in [9.17, 15) is 9.59 Å². The first-order valence-electron chi connectivity index (χ1n) is 4.27. The molecule has 1 saturated carbocycles. The van der Waals surface area contributed by atoms with E-state index in [0.29, 0.717) is 12.8 Å². The summed E-state index contributed by atoms with van der Waals surface area (Å²) in [5.74, 6) is -2.68. The molecule has 2 rings (SSSR count). The van der Waals surface area contributed by atoms with E-state index < -0.39 is 23.7 Å². The maximum Gasteiger partial charge on any atom is 0.307 e. The fraction of sp³-hybridized carbons (Fsp3) is 0.750. The van der Waals surface area contributed by atoms with Crippen LogP contribution in [0.4, 0.5) is 0 Å². The second kappa shape index (κ2) is 2.70. The molecule has 1 heterocycles. The number of hydrogen-bond donors (Lipinski definition) is 2. The van der Waals surface area contributed by atoms with Crippen LogP contribution < -0.4 is 5.73 Å². The van der Waals surface area contributed by atoms with Crippen LogP contribution >= 0.6 is 0 Å². The molecular formula is C8H11NO4. The van der Waals surface area contributed by atoms with Crippen molar-refractivity contribution in [2.45, 2.75) is 25.0 Å². The van der Waals surface area contributed by atoms with Gasteiger partial charge in [-0.15, -0.1) is 0 Å². The van der Waals surface area contributed by atoms with Gasteiger partial charge in [0.15, 0.2) is 0 Å². The van der Waals surface area contributed by atoms with Crippen LogP contribution in [0.2, 0.25) is 0 Å². The quantitative estimate of drug-likeness (QED) is 0.559. The van der Waals surface area contributed by atoms with Crippen LogP contribution in [-0.4, -0.2) is 29.2 Å². The Hall–Kier alpha value is -1.10. The summed E-state index contributed by atoms with van der Waals surface area (Å²) in [4.78, 5) is 21.7. The molecule has 5 heteroatoms. The number of rotatable bonds is 2. The van der Waals surface area contributed by atoms with E-state index in [2.05, 4.69) is 0 Å². The van der Waals surface area contributed by atoms with Gasteiger partial charge in [-0.05, 0) is 12.8 Å². The monoisotopic (exact) mass is 185 g/mol. The van der Waals surface area contributed by atoms with Gasteiger partial charge in [0.05, 0.1) is 24.0 Å². The summed E-state index contributed by atoms with van der Waals surface area (Å²) in [6, 6.07) is 0. The second-order valence-corrected chi connectivity index (χ2v) is 3.64. The van der Waals surface area contributed by atoms with Gasteiger partial charge in [-0.1, -0.05) is 0 Å². The number of fused-ring (bicyclic) bond motifs is 1. The molecule has 2 aliphatic rings. The normalized spacial score (nSPS) is 42.2. The number of carboxylic acid groups (broad SMARTS) is 1.